The van der Waals surface area contributed by atoms with Crippen molar-refractivity contribution in [3.05, 3.63) is 64.8 Å². The van der Waals surface area contributed by atoms with Crippen molar-refractivity contribution in [1.82, 2.24) is 4.57 Å². The molecule has 1 aliphatic carbocycles. The molecule has 0 saturated heterocycles. The maximum atomic E-state index is 13.3. The normalized spacial score (nSPS) is 15.1. The van der Waals surface area contributed by atoms with Crippen molar-refractivity contribution >= 4 is 28.3 Å². The Morgan fingerprint density at radius 2 is 1.79 bits per heavy atom. The number of hydrogen-bond acceptors (Lipinski definition) is 2. The molecular weight excluding hydrogens is 370 g/mol. The SMILES string of the molecule is Cn1c(COc2ccc(Cl)cc2)c(C(=O)CC2CCCCC2)c2ccccc21. The Labute approximate surface area is 171 Å². The first-order valence-corrected chi connectivity index (χ1v) is 10.5. The van der Waals surface area contributed by atoms with Crippen LogP contribution in [0.1, 0.15) is 54.6 Å². The number of Topliss-reactive ketones (excluding diaryl/α,β-unsaturated/α-hetero) is 1. The van der Waals surface area contributed by atoms with Crippen LogP contribution in [0.15, 0.2) is 48.5 Å². The van der Waals surface area contributed by atoms with Crippen molar-refractivity contribution in [2.24, 2.45) is 13.0 Å². The number of aryl methyl sites for hydroxylation is 1. The van der Waals surface area contributed by atoms with Crippen LogP contribution >= 0.6 is 11.6 Å². The van der Waals surface area contributed by atoms with Crippen LogP contribution in [0.5, 0.6) is 5.75 Å². The molecule has 3 aromatic rings. The van der Waals surface area contributed by atoms with Crippen LogP contribution in [0.4, 0.5) is 0 Å². The highest BCUT2D eigenvalue weighted by molar-refractivity contribution is 6.30. The minimum Gasteiger partial charge on any atom is -0.487 e. The topological polar surface area (TPSA) is 31.2 Å². The highest BCUT2D eigenvalue weighted by Crippen LogP contribution is 2.32. The minimum atomic E-state index is 0.249. The van der Waals surface area contributed by atoms with E-state index in [4.69, 9.17) is 16.3 Å². The quantitative estimate of drug-likeness (QED) is 0.442. The second-order valence-corrected chi connectivity index (χ2v) is 8.21. The van der Waals surface area contributed by atoms with Gasteiger partial charge in [-0.15, -0.1) is 0 Å². The zero-order chi connectivity index (χ0) is 19.5. The van der Waals surface area contributed by atoms with Gasteiger partial charge in [0, 0.05) is 35.0 Å². The molecule has 146 valence electrons. The van der Waals surface area contributed by atoms with E-state index in [1.165, 1.54) is 32.1 Å². The van der Waals surface area contributed by atoms with Crippen LogP contribution in [-0.4, -0.2) is 10.4 Å². The van der Waals surface area contributed by atoms with Gasteiger partial charge in [-0.3, -0.25) is 4.79 Å². The molecule has 2 aromatic carbocycles. The number of fused-ring (bicyclic) bond motifs is 1. The Morgan fingerprint density at radius 1 is 1.07 bits per heavy atom. The van der Waals surface area contributed by atoms with E-state index in [9.17, 15) is 4.79 Å². The van der Waals surface area contributed by atoms with E-state index in [1.807, 2.05) is 43.4 Å². The largest absolute Gasteiger partial charge is 0.487 e. The Morgan fingerprint density at radius 3 is 2.54 bits per heavy atom. The van der Waals surface area contributed by atoms with E-state index in [-0.39, 0.29) is 5.78 Å². The summed E-state index contributed by atoms with van der Waals surface area (Å²) in [5.41, 5.74) is 2.85. The third kappa shape index (κ3) is 3.95. The van der Waals surface area contributed by atoms with Gasteiger partial charge in [0.15, 0.2) is 5.78 Å². The molecule has 0 amide bonds. The molecule has 0 aliphatic heterocycles. The molecule has 3 nitrogen and oxygen atoms in total. The fourth-order valence-corrected chi connectivity index (χ4v) is 4.49. The van der Waals surface area contributed by atoms with Gasteiger partial charge in [-0.2, -0.15) is 0 Å². The average Bonchev–Trinajstić information content (AvgIpc) is 3.00. The minimum absolute atomic E-state index is 0.249. The molecule has 1 aliphatic rings. The average molecular weight is 396 g/mol. The number of rotatable bonds is 6. The molecule has 0 spiro atoms. The van der Waals surface area contributed by atoms with Crippen LogP contribution in [-0.2, 0) is 13.7 Å². The van der Waals surface area contributed by atoms with E-state index < -0.39 is 0 Å². The number of aromatic nitrogens is 1. The highest BCUT2D eigenvalue weighted by Gasteiger charge is 2.24. The van der Waals surface area contributed by atoms with Crippen molar-refractivity contribution in [2.75, 3.05) is 0 Å². The standard InChI is InChI=1S/C24H26ClNO2/c1-26-21-10-6-5-9-20(21)24(23(27)15-17-7-3-2-4-8-17)22(26)16-28-19-13-11-18(25)12-14-19/h5-6,9-14,17H,2-4,7-8,15-16H2,1H3. The van der Waals surface area contributed by atoms with Gasteiger partial charge in [-0.05, 0) is 36.2 Å². The zero-order valence-electron chi connectivity index (χ0n) is 16.3. The number of benzene rings is 2. The van der Waals surface area contributed by atoms with Crippen LogP contribution in [0, 0.1) is 5.92 Å². The lowest BCUT2D eigenvalue weighted by Gasteiger charge is -2.21. The highest BCUT2D eigenvalue weighted by atomic mass is 35.5. The predicted octanol–water partition coefficient (Wildman–Crippen LogP) is 6.56. The van der Waals surface area contributed by atoms with Gasteiger partial charge in [0.05, 0.1) is 5.69 Å². The van der Waals surface area contributed by atoms with Crippen LogP contribution in [0.2, 0.25) is 5.02 Å². The summed E-state index contributed by atoms with van der Waals surface area (Å²) in [5, 5.41) is 1.71. The maximum absolute atomic E-state index is 13.3. The molecular formula is C24H26ClNO2. The van der Waals surface area contributed by atoms with Crippen molar-refractivity contribution < 1.29 is 9.53 Å². The van der Waals surface area contributed by atoms with E-state index >= 15 is 0 Å². The van der Waals surface area contributed by atoms with Gasteiger partial charge in [0.25, 0.3) is 0 Å². The summed E-state index contributed by atoms with van der Waals surface area (Å²) in [5.74, 6) is 1.52. The third-order valence-electron chi connectivity index (χ3n) is 5.90. The molecule has 1 aromatic heterocycles. The van der Waals surface area contributed by atoms with Gasteiger partial charge in [-0.1, -0.05) is 61.9 Å². The number of carbonyl (C=O) groups is 1. The number of carbonyl (C=O) groups excluding carboxylic acids is 1. The van der Waals surface area contributed by atoms with Crippen LogP contribution in [0.3, 0.4) is 0 Å². The molecule has 0 unspecified atom stereocenters. The Hall–Kier alpha value is -2.26. The molecule has 0 N–H and O–H groups in total. The molecule has 1 saturated carbocycles. The van der Waals surface area contributed by atoms with E-state index in [1.54, 1.807) is 0 Å². The number of halogens is 1. The first kappa shape index (κ1) is 19.1. The summed E-state index contributed by atoms with van der Waals surface area (Å²) in [6.07, 6.45) is 6.79. The van der Waals surface area contributed by atoms with Crippen molar-refractivity contribution in [2.45, 2.75) is 45.1 Å². The summed E-state index contributed by atoms with van der Waals surface area (Å²) in [6, 6.07) is 15.5. The fourth-order valence-electron chi connectivity index (χ4n) is 4.36. The number of nitrogens with zero attached hydrogens (tertiary/aromatic N) is 1. The van der Waals surface area contributed by atoms with Gasteiger partial charge >= 0.3 is 0 Å². The summed E-state index contributed by atoms with van der Waals surface area (Å²) < 4.78 is 8.10. The maximum Gasteiger partial charge on any atom is 0.165 e. The van der Waals surface area contributed by atoms with E-state index in [2.05, 4.69) is 16.7 Å². The molecule has 4 heteroatoms. The third-order valence-corrected chi connectivity index (χ3v) is 6.15. The summed E-state index contributed by atoms with van der Waals surface area (Å²) in [4.78, 5) is 13.3. The van der Waals surface area contributed by atoms with Gasteiger partial charge in [0.1, 0.15) is 12.4 Å². The number of hydrogen-bond donors (Lipinski definition) is 0. The van der Waals surface area contributed by atoms with Crippen molar-refractivity contribution in [3.8, 4) is 5.75 Å². The van der Waals surface area contributed by atoms with E-state index in [0.29, 0.717) is 24.0 Å². The smallest absolute Gasteiger partial charge is 0.165 e. The van der Waals surface area contributed by atoms with E-state index in [0.717, 1.165) is 27.9 Å². The molecule has 0 radical (unpaired) electrons. The zero-order valence-corrected chi connectivity index (χ0v) is 17.0. The summed E-state index contributed by atoms with van der Waals surface area (Å²) >= 11 is 5.96. The van der Waals surface area contributed by atoms with Gasteiger partial charge in [0.2, 0.25) is 0 Å². The lowest BCUT2D eigenvalue weighted by atomic mass is 9.84. The molecule has 4 rings (SSSR count). The molecule has 0 bridgehead atoms. The van der Waals surface area contributed by atoms with Gasteiger partial charge < -0.3 is 9.30 Å². The first-order valence-electron chi connectivity index (χ1n) is 10.1. The lowest BCUT2D eigenvalue weighted by molar-refractivity contribution is 0.0949. The predicted molar refractivity (Wildman–Crippen MR) is 114 cm³/mol. The van der Waals surface area contributed by atoms with Crippen LogP contribution in [0.25, 0.3) is 10.9 Å². The number of ketones is 1. The lowest BCUT2D eigenvalue weighted by Crippen LogP contribution is -2.14. The summed E-state index contributed by atoms with van der Waals surface area (Å²) in [7, 11) is 2.01. The Balaban J connectivity index is 1.64. The summed E-state index contributed by atoms with van der Waals surface area (Å²) in [6.45, 7) is 0.360. The fraction of sp³-hybridized carbons (Fsp3) is 0.375. The molecule has 28 heavy (non-hydrogen) atoms. The van der Waals surface area contributed by atoms with Gasteiger partial charge in [-0.25, -0.2) is 0 Å². The molecule has 1 heterocycles. The first-order chi connectivity index (χ1) is 13.6. The van der Waals surface area contributed by atoms with Crippen molar-refractivity contribution in [1.29, 1.82) is 0 Å². The van der Waals surface area contributed by atoms with Crippen LogP contribution < -0.4 is 4.74 Å². The second kappa shape index (κ2) is 8.40. The number of ether oxygens (including phenoxy) is 1. The Kier molecular flexibility index (Phi) is 5.72. The Bertz CT molecular complexity index is 968. The monoisotopic (exact) mass is 395 g/mol. The molecule has 0 atom stereocenters. The number of para-hydroxylation sites is 1. The second-order valence-electron chi connectivity index (χ2n) is 7.77. The molecule has 1 fully saturated rings. The van der Waals surface area contributed by atoms with Crippen molar-refractivity contribution in [3.63, 3.8) is 0 Å².